The van der Waals surface area contributed by atoms with E-state index in [0.717, 1.165) is 38.5 Å². The lowest BCUT2D eigenvalue weighted by Gasteiger charge is -2.35. The van der Waals surface area contributed by atoms with Crippen LogP contribution < -0.4 is 5.32 Å². The molecule has 104 valence electrons. The molecule has 4 nitrogen and oxygen atoms in total. The normalized spacial score (nSPS) is 24.7. The first-order valence-electron chi connectivity index (χ1n) is 7.34. The van der Waals surface area contributed by atoms with Gasteiger partial charge in [0.15, 0.2) is 0 Å². The Hall–Kier alpha value is -0.610. The third-order valence-corrected chi connectivity index (χ3v) is 4.35. The van der Waals surface area contributed by atoms with Gasteiger partial charge in [0.1, 0.15) is 6.04 Å². The smallest absolute Gasteiger partial charge is 0.323 e. The maximum atomic E-state index is 12.0. The number of hydrogen-bond acceptors (Lipinski definition) is 4. The first-order chi connectivity index (χ1) is 8.81. The quantitative estimate of drug-likeness (QED) is 0.770. The highest BCUT2D eigenvalue weighted by Gasteiger charge is 2.30. The van der Waals surface area contributed by atoms with Crippen molar-refractivity contribution in [2.24, 2.45) is 5.92 Å². The molecule has 1 saturated heterocycles. The zero-order chi connectivity index (χ0) is 12.8. The molecule has 0 bridgehead atoms. The Balaban J connectivity index is 1.92. The molecule has 18 heavy (non-hydrogen) atoms. The number of methoxy groups -OCH3 is 1. The fourth-order valence-electron chi connectivity index (χ4n) is 3.26. The molecule has 4 heteroatoms. The SMILES string of the molecule is COC(=O)C(CC1CCCCC1)N1CCNCC1. The predicted molar refractivity (Wildman–Crippen MR) is 71.4 cm³/mol. The summed E-state index contributed by atoms with van der Waals surface area (Å²) in [5.74, 6) is 0.681. The molecule has 1 heterocycles. The van der Waals surface area contributed by atoms with Crippen LogP contribution in [0.25, 0.3) is 0 Å². The van der Waals surface area contributed by atoms with Crippen LogP contribution in [0.3, 0.4) is 0 Å². The van der Waals surface area contributed by atoms with Crippen LogP contribution in [0.4, 0.5) is 0 Å². The summed E-state index contributed by atoms with van der Waals surface area (Å²) in [5, 5.41) is 3.34. The van der Waals surface area contributed by atoms with Crippen molar-refractivity contribution in [1.29, 1.82) is 0 Å². The van der Waals surface area contributed by atoms with E-state index in [1.54, 1.807) is 0 Å². The summed E-state index contributed by atoms with van der Waals surface area (Å²) in [5.41, 5.74) is 0. The van der Waals surface area contributed by atoms with Gasteiger partial charge in [-0.05, 0) is 12.3 Å². The first kappa shape index (κ1) is 13.8. The lowest BCUT2D eigenvalue weighted by molar-refractivity contribution is -0.148. The van der Waals surface area contributed by atoms with Crippen LogP contribution in [0.2, 0.25) is 0 Å². The molecule has 1 aliphatic carbocycles. The van der Waals surface area contributed by atoms with Crippen LogP contribution in [0.5, 0.6) is 0 Å². The van der Waals surface area contributed by atoms with Gasteiger partial charge < -0.3 is 10.1 Å². The molecule has 1 saturated carbocycles. The van der Waals surface area contributed by atoms with E-state index in [1.165, 1.54) is 39.2 Å². The van der Waals surface area contributed by atoms with Gasteiger partial charge in [0.25, 0.3) is 0 Å². The molecule has 1 atom stereocenters. The van der Waals surface area contributed by atoms with Crippen LogP contribution in [0.1, 0.15) is 38.5 Å². The van der Waals surface area contributed by atoms with E-state index in [9.17, 15) is 4.79 Å². The van der Waals surface area contributed by atoms with E-state index in [-0.39, 0.29) is 12.0 Å². The average molecular weight is 254 g/mol. The molecule has 0 spiro atoms. The van der Waals surface area contributed by atoms with Gasteiger partial charge in [0.05, 0.1) is 7.11 Å². The Labute approximate surface area is 110 Å². The number of esters is 1. The molecule has 2 fully saturated rings. The number of rotatable bonds is 4. The molecular formula is C14H26N2O2. The monoisotopic (exact) mass is 254 g/mol. The lowest BCUT2D eigenvalue weighted by Crippen LogP contribution is -2.52. The maximum absolute atomic E-state index is 12.0. The molecular weight excluding hydrogens is 228 g/mol. The molecule has 0 aromatic rings. The highest BCUT2D eigenvalue weighted by atomic mass is 16.5. The van der Waals surface area contributed by atoms with Gasteiger partial charge in [-0.3, -0.25) is 9.69 Å². The maximum Gasteiger partial charge on any atom is 0.323 e. The Bertz CT molecular complexity index is 259. The van der Waals surface area contributed by atoms with E-state index in [4.69, 9.17) is 4.74 Å². The summed E-state index contributed by atoms with van der Waals surface area (Å²) in [7, 11) is 1.51. The summed E-state index contributed by atoms with van der Waals surface area (Å²) in [6.45, 7) is 3.90. The van der Waals surface area contributed by atoms with E-state index in [1.807, 2.05) is 0 Å². The first-order valence-corrected chi connectivity index (χ1v) is 7.34. The summed E-state index contributed by atoms with van der Waals surface area (Å²) in [6.07, 6.45) is 7.61. The van der Waals surface area contributed by atoms with Gasteiger partial charge in [0, 0.05) is 26.2 Å². The van der Waals surface area contributed by atoms with Gasteiger partial charge in [-0.25, -0.2) is 0 Å². The Morgan fingerprint density at radius 3 is 2.56 bits per heavy atom. The van der Waals surface area contributed by atoms with Crippen molar-refractivity contribution in [3.63, 3.8) is 0 Å². The molecule has 0 aromatic heterocycles. The highest BCUT2D eigenvalue weighted by Crippen LogP contribution is 2.29. The van der Waals surface area contributed by atoms with Crippen molar-refractivity contribution in [1.82, 2.24) is 10.2 Å². The van der Waals surface area contributed by atoms with Gasteiger partial charge in [-0.1, -0.05) is 32.1 Å². The summed E-state index contributed by atoms with van der Waals surface area (Å²) in [6, 6.07) is -0.0137. The number of ether oxygens (including phenoxy) is 1. The van der Waals surface area contributed by atoms with Crippen LogP contribution in [0.15, 0.2) is 0 Å². The largest absolute Gasteiger partial charge is 0.468 e. The van der Waals surface area contributed by atoms with E-state index in [0.29, 0.717) is 0 Å². The molecule has 1 unspecified atom stereocenters. The van der Waals surface area contributed by atoms with Crippen molar-refractivity contribution >= 4 is 5.97 Å². The summed E-state index contributed by atoms with van der Waals surface area (Å²) < 4.78 is 5.01. The van der Waals surface area contributed by atoms with Crippen molar-refractivity contribution < 1.29 is 9.53 Å². The Morgan fingerprint density at radius 1 is 1.28 bits per heavy atom. The zero-order valence-electron chi connectivity index (χ0n) is 11.5. The standard InChI is InChI=1S/C14H26N2O2/c1-18-14(17)13(16-9-7-15-8-10-16)11-12-5-3-2-4-6-12/h12-13,15H,2-11H2,1H3. The van der Waals surface area contributed by atoms with Crippen LogP contribution in [-0.2, 0) is 9.53 Å². The minimum atomic E-state index is -0.0394. The number of carbonyl (C=O) groups is 1. The number of piperazine rings is 1. The van der Waals surface area contributed by atoms with Crippen molar-refractivity contribution in [2.75, 3.05) is 33.3 Å². The predicted octanol–water partition coefficient (Wildman–Crippen LogP) is 1.40. The fraction of sp³-hybridized carbons (Fsp3) is 0.929. The van der Waals surface area contributed by atoms with Crippen molar-refractivity contribution in [3.8, 4) is 0 Å². The fourth-order valence-corrected chi connectivity index (χ4v) is 3.26. The highest BCUT2D eigenvalue weighted by molar-refractivity contribution is 5.75. The molecule has 1 N–H and O–H groups in total. The summed E-state index contributed by atoms with van der Waals surface area (Å²) >= 11 is 0. The summed E-state index contributed by atoms with van der Waals surface area (Å²) in [4.78, 5) is 14.3. The van der Waals surface area contributed by atoms with Gasteiger partial charge >= 0.3 is 5.97 Å². The van der Waals surface area contributed by atoms with E-state index >= 15 is 0 Å². The molecule has 2 rings (SSSR count). The van der Waals surface area contributed by atoms with E-state index in [2.05, 4.69) is 10.2 Å². The van der Waals surface area contributed by atoms with Gasteiger partial charge in [-0.15, -0.1) is 0 Å². The van der Waals surface area contributed by atoms with Crippen LogP contribution in [-0.4, -0.2) is 50.2 Å². The van der Waals surface area contributed by atoms with E-state index < -0.39 is 0 Å². The Morgan fingerprint density at radius 2 is 1.94 bits per heavy atom. The number of nitrogens with one attached hydrogen (secondary N) is 1. The second-order valence-corrected chi connectivity index (χ2v) is 5.56. The second kappa shape index (κ2) is 7.10. The Kier molecular flexibility index (Phi) is 5.45. The number of nitrogens with zero attached hydrogens (tertiary/aromatic N) is 1. The minimum absolute atomic E-state index is 0.0137. The van der Waals surface area contributed by atoms with Crippen LogP contribution >= 0.6 is 0 Å². The lowest BCUT2D eigenvalue weighted by atomic mass is 9.84. The van der Waals surface area contributed by atoms with Gasteiger partial charge in [-0.2, -0.15) is 0 Å². The van der Waals surface area contributed by atoms with Crippen LogP contribution in [0, 0.1) is 5.92 Å². The van der Waals surface area contributed by atoms with Crippen molar-refractivity contribution in [3.05, 3.63) is 0 Å². The molecule has 0 radical (unpaired) electrons. The minimum Gasteiger partial charge on any atom is -0.468 e. The zero-order valence-corrected chi connectivity index (χ0v) is 11.5. The third kappa shape index (κ3) is 3.69. The topological polar surface area (TPSA) is 41.6 Å². The third-order valence-electron chi connectivity index (χ3n) is 4.35. The van der Waals surface area contributed by atoms with Crippen molar-refractivity contribution in [2.45, 2.75) is 44.6 Å². The van der Waals surface area contributed by atoms with Gasteiger partial charge in [0.2, 0.25) is 0 Å². The molecule has 0 amide bonds. The number of carbonyl (C=O) groups excluding carboxylic acids is 1. The molecule has 2 aliphatic rings. The average Bonchev–Trinajstić information content (AvgIpc) is 2.46. The second-order valence-electron chi connectivity index (χ2n) is 5.56. The molecule has 1 aliphatic heterocycles. The number of hydrogen-bond donors (Lipinski definition) is 1. The molecule has 0 aromatic carbocycles.